The van der Waals surface area contributed by atoms with Crippen LogP contribution in [0.4, 0.5) is 17.1 Å². The lowest BCUT2D eigenvalue weighted by Crippen LogP contribution is -2.09. The second kappa shape index (κ2) is 21.6. The average molecular weight is 955 g/mol. The first-order chi connectivity index (χ1) is 31.8. The van der Waals surface area contributed by atoms with Gasteiger partial charge >= 0.3 is 5.97 Å². The minimum absolute atomic E-state index is 0.269. The molecular formula is C52H50N4O4S5. The fourth-order valence-electron chi connectivity index (χ4n) is 7.74. The van der Waals surface area contributed by atoms with Crippen LogP contribution in [0.2, 0.25) is 0 Å². The molecule has 0 fully saturated rings. The largest absolute Gasteiger partial charge is 0.497 e. The molecule has 0 atom stereocenters. The molecule has 5 heterocycles. The normalized spacial score (nSPS) is 11.6. The second-order valence-corrected chi connectivity index (χ2v) is 20.8. The highest BCUT2D eigenvalue weighted by molar-refractivity contribution is 7.32. The Morgan fingerprint density at radius 3 is 1.60 bits per heavy atom. The van der Waals surface area contributed by atoms with Gasteiger partial charge in [-0.2, -0.15) is 5.26 Å². The first-order valence-electron chi connectivity index (χ1n) is 22.0. The monoisotopic (exact) mass is 954 g/mol. The first-order valence-corrected chi connectivity index (χ1v) is 26.0. The van der Waals surface area contributed by atoms with Crippen LogP contribution in [0, 0.1) is 11.3 Å². The Kier molecular flexibility index (Phi) is 15.2. The van der Waals surface area contributed by atoms with Crippen molar-refractivity contribution in [1.29, 1.82) is 5.26 Å². The van der Waals surface area contributed by atoms with Gasteiger partial charge in [0.05, 0.1) is 24.0 Å². The maximum Gasteiger partial charge on any atom is 0.346 e. The zero-order valence-electron chi connectivity index (χ0n) is 36.9. The van der Waals surface area contributed by atoms with E-state index in [9.17, 15) is 15.2 Å². The van der Waals surface area contributed by atoms with Crippen molar-refractivity contribution in [3.05, 3.63) is 119 Å². The number of nitrogens with zero attached hydrogens (tertiary/aromatic N) is 4. The molecule has 0 unspecified atom stereocenters. The SMILES string of the molecule is CCCCCCc1cc(-c2nc3sc(-c4cc(CCCCCC)c(-c5ccc(/C=C(\C#N)C(=O)O)s5)s4)nc3s2)sc1-c1ccc(N(c2ccc(OC)cc2)c2ccc(OC)cc2)cc1. The number of benzene rings is 3. The van der Waals surface area contributed by atoms with Gasteiger partial charge in [0.2, 0.25) is 0 Å². The lowest BCUT2D eigenvalue weighted by molar-refractivity contribution is -0.132. The number of rotatable bonds is 21. The van der Waals surface area contributed by atoms with Gasteiger partial charge in [0.15, 0.2) is 9.66 Å². The van der Waals surface area contributed by atoms with Crippen molar-refractivity contribution in [2.24, 2.45) is 0 Å². The fourth-order valence-corrected chi connectivity index (χ4v) is 13.4. The van der Waals surface area contributed by atoms with Crippen molar-refractivity contribution in [3.63, 3.8) is 0 Å². The summed E-state index contributed by atoms with van der Waals surface area (Å²) in [7, 11) is 3.37. The number of unbranched alkanes of at least 4 members (excludes halogenated alkanes) is 6. The van der Waals surface area contributed by atoms with Gasteiger partial charge in [0.1, 0.15) is 33.2 Å². The topological polar surface area (TPSA) is 109 Å². The molecule has 0 bridgehead atoms. The van der Waals surface area contributed by atoms with Gasteiger partial charge in [0.25, 0.3) is 0 Å². The van der Waals surface area contributed by atoms with Crippen LogP contribution in [0.3, 0.4) is 0 Å². The number of methoxy groups -OCH3 is 2. The smallest absolute Gasteiger partial charge is 0.346 e. The fraction of sp³-hybridized carbons (Fsp3) is 0.269. The summed E-state index contributed by atoms with van der Waals surface area (Å²) in [5.74, 6) is 0.405. The van der Waals surface area contributed by atoms with E-state index in [1.54, 1.807) is 54.3 Å². The molecule has 0 aliphatic heterocycles. The van der Waals surface area contributed by atoms with Crippen LogP contribution in [0.1, 0.15) is 81.2 Å². The molecule has 332 valence electrons. The van der Waals surface area contributed by atoms with Crippen LogP contribution in [-0.4, -0.2) is 35.3 Å². The summed E-state index contributed by atoms with van der Waals surface area (Å²) in [6.07, 6.45) is 12.9. The molecule has 8 nitrogen and oxygen atoms in total. The number of nitriles is 1. The second-order valence-electron chi connectivity index (χ2n) is 15.7. The molecule has 0 aliphatic carbocycles. The van der Waals surface area contributed by atoms with Crippen molar-refractivity contribution >= 4 is 95.5 Å². The van der Waals surface area contributed by atoms with Crippen LogP contribution in [0.5, 0.6) is 11.5 Å². The number of aliphatic carboxylic acids is 1. The van der Waals surface area contributed by atoms with E-state index in [2.05, 4.69) is 79.4 Å². The molecular weight excluding hydrogens is 905 g/mol. The number of thiophene rings is 3. The average Bonchev–Trinajstić information content (AvgIpc) is 4.18. The number of carboxylic acid groups (broad SMARTS) is 1. The van der Waals surface area contributed by atoms with Crippen LogP contribution in [-0.2, 0) is 17.6 Å². The van der Waals surface area contributed by atoms with E-state index in [1.807, 2.05) is 47.7 Å². The Morgan fingerprint density at radius 1 is 0.631 bits per heavy atom. The van der Waals surface area contributed by atoms with E-state index < -0.39 is 5.97 Å². The number of anilines is 3. The molecule has 0 saturated carbocycles. The number of carbonyl (C=O) groups is 1. The number of hydrogen-bond acceptors (Lipinski definition) is 12. The zero-order valence-corrected chi connectivity index (χ0v) is 41.0. The Morgan fingerprint density at radius 2 is 1.12 bits per heavy atom. The first kappa shape index (κ1) is 45.9. The predicted molar refractivity (Wildman–Crippen MR) is 275 cm³/mol. The number of ether oxygens (including phenoxy) is 2. The van der Waals surface area contributed by atoms with Gasteiger partial charge in [-0.05, 0) is 133 Å². The maximum atomic E-state index is 11.5. The highest BCUT2D eigenvalue weighted by Gasteiger charge is 2.22. The van der Waals surface area contributed by atoms with Gasteiger partial charge in [0, 0.05) is 36.6 Å². The molecule has 0 aliphatic rings. The molecule has 8 aromatic rings. The summed E-state index contributed by atoms with van der Waals surface area (Å²) in [6, 6.07) is 35.6. The Hall–Kier alpha value is -5.62. The molecule has 0 radical (unpaired) electrons. The van der Waals surface area contributed by atoms with E-state index in [4.69, 9.17) is 19.4 Å². The minimum Gasteiger partial charge on any atom is -0.497 e. The van der Waals surface area contributed by atoms with E-state index in [-0.39, 0.29) is 5.57 Å². The standard InChI is InChI=1S/C52H50N4O4S5/c1-5-7-9-11-13-34-30-44(62-46(34)33-15-17-37(18-16-33)56(38-19-23-40(59-3)24-20-38)39-21-25-41(60-4)26-22-39)48-54-50-51(64-48)55-49(65-50)45-31-35(14-12-10-8-6-2)47(63-45)43-28-27-42(61-43)29-36(32-53)52(57)58/h15-31H,5-14H2,1-4H3,(H,57,58)/b36-29+. The van der Waals surface area contributed by atoms with Crippen LogP contribution in [0.15, 0.2) is 103 Å². The van der Waals surface area contributed by atoms with E-state index in [0.717, 1.165) is 88.6 Å². The molecule has 65 heavy (non-hydrogen) atoms. The van der Waals surface area contributed by atoms with Gasteiger partial charge in [-0.25, -0.2) is 14.8 Å². The number of carboxylic acids is 1. The number of aryl methyl sites for hydroxylation is 2. The molecule has 0 saturated heterocycles. The van der Waals surface area contributed by atoms with Gasteiger partial charge < -0.3 is 19.5 Å². The lowest BCUT2D eigenvalue weighted by Gasteiger charge is -2.26. The molecule has 1 N–H and O–H groups in total. The van der Waals surface area contributed by atoms with Crippen molar-refractivity contribution in [2.45, 2.75) is 78.1 Å². The van der Waals surface area contributed by atoms with Crippen molar-refractivity contribution in [1.82, 2.24) is 9.97 Å². The molecule has 8 rings (SSSR count). The van der Waals surface area contributed by atoms with E-state index in [0.29, 0.717) is 0 Å². The third-order valence-electron chi connectivity index (χ3n) is 11.2. The molecule has 3 aromatic carbocycles. The zero-order chi connectivity index (χ0) is 45.3. The number of fused-ring (bicyclic) bond motifs is 1. The van der Waals surface area contributed by atoms with Gasteiger partial charge in [-0.1, -0.05) is 87.2 Å². The van der Waals surface area contributed by atoms with E-state index in [1.165, 1.54) is 87.3 Å². The van der Waals surface area contributed by atoms with Gasteiger partial charge in [-0.3, -0.25) is 0 Å². The summed E-state index contributed by atoms with van der Waals surface area (Å²) in [4.78, 5) is 32.6. The van der Waals surface area contributed by atoms with E-state index >= 15 is 0 Å². The number of hydrogen-bond donors (Lipinski definition) is 1. The summed E-state index contributed by atoms with van der Waals surface area (Å²) in [6.45, 7) is 4.48. The van der Waals surface area contributed by atoms with Crippen LogP contribution >= 0.6 is 56.7 Å². The van der Waals surface area contributed by atoms with Crippen molar-refractivity contribution in [3.8, 4) is 57.5 Å². The summed E-state index contributed by atoms with van der Waals surface area (Å²) < 4.78 is 10.9. The predicted octanol–water partition coefficient (Wildman–Crippen LogP) is 16.3. The number of thiazole rings is 2. The minimum atomic E-state index is -1.22. The lowest BCUT2D eigenvalue weighted by atomic mass is 10.0. The van der Waals surface area contributed by atoms with Crippen molar-refractivity contribution < 1.29 is 19.4 Å². The third-order valence-corrected chi connectivity index (χ3v) is 17.1. The Bertz CT molecular complexity index is 2850. The van der Waals surface area contributed by atoms with Crippen LogP contribution in [0.25, 0.3) is 55.7 Å². The third kappa shape index (κ3) is 10.8. The Labute approximate surface area is 400 Å². The highest BCUT2D eigenvalue weighted by Crippen LogP contribution is 2.47. The highest BCUT2D eigenvalue weighted by atomic mass is 32.1. The summed E-state index contributed by atoms with van der Waals surface area (Å²) >= 11 is 8.37. The molecule has 0 amide bonds. The number of aromatic nitrogens is 2. The molecule has 13 heteroatoms. The molecule has 0 spiro atoms. The molecule has 5 aromatic heterocycles. The maximum absolute atomic E-state index is 11.5. The van der Waals surface area contributed by atoms with Crippen LogP contribution < -0.4 is 14.4 Å². The van der Waals surface area contributed by atoms with Gasteiger partial charge in [-0.15, -0.1) is 34.0 Å². The van der Waals surface area contributed by atoms with Crippen molar-refractivity contribution in [2.75, 3.05) is 19.1 Å². The Balaban J connectivity index is 1.09. The summed E-state index contributed by atoms with van der Waals surface area (Å²) in [5, 5.41) is 20.7. The quantitative estimate of drug-likeness (QED) is 0.0431. The summed E-state index contributed by atoms with van der Waals surface area (Å²) in [5.41, 5.74) is 6.68.